The highest BCUT2D eigenvalue weighted by Gasteiger charge is 2.22. The highest BCUT2D eigenvalue weighted by molar-refractivity contribution is 5.85. The predicted octanol–water partition coefficient (Wildman–Crippen LogP) is 2.95. The van der Waals surface area contributed by atoms with Crippen molar-refractivity contribution >= 4 is 5.84 Å². The summed E-state index contributed by atoms with van der Waals surface area (Å²) in [5, 5.41) is 15.4. The van der Waals surface area contributed by atoms with Gasteiger partial charge in [-0.2, -0.15) is 0 Å². The van der Waals surface area contributed by atoms with Gasteiger partial charge in [0.15, 0.2) is 0 Å². The summed E-state index contributed by atoms with van der Waals surface area (Å²) in [5.41, 5.74) is 5.45. The number of unbranched alkanes of at least 4 members (excludes halogenated alkanes) is 1. The fourth-order valence-electron chi connectivity index (χ4n) is 2.09. The molecule has 0 spiro atoms. The number of rotatable bonds is 9. The first-order valence-electron chi connectivity index (χ1n) is 7.06. The molecule has 108 valence electrons. The van der Waals surface area contributed by atoms with Gasteiger partial charge in [0.05, 0.1) is 0 Å². The zero-order valence-corrected chi connectivity index (χ0v) is 12.7. The van der Waals surface area contributed by atoms with E-state index in [-0.39, 0.29) is 5.41 Å². The van der Waals surface area contributed by atoms with Crippen LogP contribution in [-0.2, 0) is 0 Å². The topological polar surface area (TPSA) is 70.6 Å². The molecule has 0 aliphatic carbocycles. The first-order chi connectivity index (χ1) is 8.35. The van der Waals surface area contributed by atoms with Crippen LogP contribution in [0.15, 0.2) is 5.16 Å². The highest BCUT2D eigenvalue weighted by atomic mass is 16.4. The molecule has 0 heterocycles. The van der Waals surface area contributed by atoms with Gasteiger partial charge in [0.1, 0.15) is 5.84 Å². The number of nitrogens with two attached hydrogens (primary N) is 1. The molecule has 0 aromatic heterocycles. The summed E-state index contributed by atoms with van der Waals surface area (Å²) in [6, 6.07) is 0.613. The fourth-order valence-corrected chi connectivity index (χ4v) is 2.09. The van der Waals surface area contributed by atoms with Crippen LogP contribution < -0.4 is 11.1 Å². The lowest BCUT2D eigenvalue weighted by Crippen LogP contribution is -2.34. The number of hydrogen-bond acceptors (Lipinski definition) is 3. The third-order valence-corrected chi connectivity index (χ3v) is 3.68. The quantitative estimate of drug-likeness (QED) is 0.195. The van der Waals surface area contributed by atoms with Crippen LogP contribution >= 0.6 is 0 Å². The molecule has 0 saturated carbocycles. The second kappa shape index (κ2) is 8.35. The van der Waals surface area contributed by atoms with E-state index >= 15 is 0 Å². The Kier molecular flexibility index (Phi) is 8.00. The summed E-state index contributed by atoms with van der Waals surface area (Å²) in [7, 11) is 0. The molecule has 4 heteroatoms. The Bertz CT molecular complexity index is 249. The lowest BCUT2D eigenvalue weighted by atomic mass is 9.86. The van der Waals surface area contributed by atoms with Gasteiger partial charge in [-0.1, -0.05) is 46.2 Å². The number of nitrogens with one attached hydrogen (secondary N) is 1. The van der Waals surface area contributed by atoms with Crippen LogP contribution in [0, 0.1) is 11.3 Å². The van der Waals surface area contributed by atoms with Crippen molar-refractivity contribution < 1.29 is 5.21 Å². The van der Waals surface area contributed by atoms with Gasteiger partial charge in [0.2, 0.25) is 0 Å². The zero-order chi connectivity index (χ0) is 14.2. The monoisotopic (exact) mass is 257 g/mol. The summed E-state index contributed by atoms with van der Waals surface area (Å²) >= 11 is 0. The van der Waals surface area contributed by atoms with Crippen molar-refractivity contribution in [3.8, 4) is 0 Å². The van der Waals surface area contributed by atoms with E-state index in [0.717, 1.165) is 25.8 Å². The van der Waals surface area contributed by atoms with E-state index in [1.54, 1.807) is 0 Å². The Morgan fingerprint density at radius 3 is 2.39 bits per heavy atom. The van der Waals surface area contributed by atoms with Crippen LogP contribution in [0.3, 0.4) is 0 Å². The van der Waals surface area contributed by atoms with Crippen LogP contribution in [0.25, 0.3) is 0 Å². The third-order valence-electron chi connectivity index (χ3n) is 3.68. The average Bonchev–Trinajstić information content (AvgIpc) is 2.31. The lowest BCUT2D eigenvalue weighted by molar-refractivity contribution is 0.303. The fraction of sp³-hybridized carbons (Fsp3) is 0.929. The second-order valence-electron chi connectivity index (χ2n) is 6.04. The van der Waals surface area contributed by atoms with Gasteiger partial charge < -0.3 is 16.3 Å². The van der Waals surface area contributed by atoms with Gasteiger partial charge in [-0.3, -0.25) is 0 Å². The Morgan fingerprint density at radius 2 is 1.94 bits per heavy atom. The molecule has 4 N–H and O–H groups in total. The lowest BCUT2D eigenvalue weighted by Gasteiger charge is -2.23. The first-order valence-corrected chi connectivity index (χ1v) is 7.06. The van der Waals surface area contributed by atoms with Gasteiger partial charge in [-0.15, -0.1) is 0 Å². The Balaban J connectivity index is 3.81. The van der Waals surface area contributed by atoms with Crippen molar-refractivity contribution in [3.63, 3.8) is 0 Å². The number of hydrogen-bond donors (Lipinski definition) is 3. The van der Waals surface area contributed by atoms with Crippen LogP contribution in [0.5, 0.6) is 0 Å². The molecule has 0 aliphatic heterocycles. The van der Waals surface area contributed by atoms with Crippen molar-refractivity contribution in [1.82, 2.24) is 5.32 Å². The molecule has 0 aromatic carbocycles. The minimum atomic E-state index is -0.211. The van der Waals surface area contributed by atoms with Gasteiger partial charge in [0, 0.05) is 11.5 Å². The molecule has 0 aromatic rings. The minimum Gasteiger partial charge on any atom is -0.409 e. The van der Waals surface area contributed by atoms with E-state index < -0.39 is 0 Å². The van der Waals surface area contributed by atoms with E-state index in [9.17, 15) is 0 Å². The van der Waals surface area contributed by atoms with Gasteiger partial charge >= 0.3 is 0 Å². The van der Waals surface area contributed by atoms with E-state index in [1.807, 2.05) is 13.8 Å². The van der Waals surface area contributed by atoms with Crippen molar-refractivity contribution in [2.45, 2.75) is 66.3 Å². The first kappa shape index (κ1) is 17.2. The summed E-state index contributed by atoms with van der Waals surface area (Å²) < 4.78 is 0. The maximum Gasteiger partial charge on any atom is 0.144 e. The van der Waals surface area contributed by atoms with Crippen molar-refractivity contribution in [1.29, 1.82) is 0 Å². The molecular formula is C14H31N3O. The molecule has 0 aliphatic rings. The number of nitrogens with zero attached hydrogens (tertiary/aromatic N) is 1. The molecule has 0 radical (unpaired) electrons. The van der Waals surface area contributed by atoms with Crippen LogP contribution in [0.2, 0.25) is 0 Å². The minimum absolute atomic E-state index is 0.211. The maximum atomic E-state index is 8.69. The highest BCUT2D eigenvalue weighted by Crippen LogP contribution is 2.23. The Morgan fingerprint density at radius 1 is 1.33 bits per heavy atom. The molecule has 0 bridgehead atoms. The zero-order valence-electron chi connectivity index (χ0n) is 12.7. The number of amidine groups is 1. The van der Waals surface area contributed by atoms with Gasteiger partial charge in [-0.25, -0.2) is 0 Å². The molecule has 0 saturated heterocycles. The maximum absolute atomic E-state index is 8.69. The molecule has 0 rings (SSSR count). The van der Waals surface area contributed by atoms with E-state index in [4.69, 9.17) is 10.9 Å². The molecular weight excluding hydrogens is 226 g/mol. The smallest absolute Gasteiger partial charge is 0.144 e. The summed E-state index contributed by atoms with van der Waals surface area (Å²) in [5.74, 6) is 1.01. The van der Waals surface area contributed by atoms with Crippen LogP contribution in [-0.4, -0.2) is 23.6 Å². The van der Waals surface area contributed by atoms with E-state index in [0.29, 0.717) is 17.8 Å². The standard InChI is InChI=1S/C14H31N3O/c1-6-12(11(2)3)16-10-8-7-9-14(4,5)13(15)17-18/h11-12,16,18H,6-10H2,1-5H3,(H2,15,17). The largest absolute Gasteiger partial charge is 0.409 e. The van der Waals surface area contributed by atoms with Crippen molar-refractivity contribution in [3.05, 3.63) is 0 Å². The van der Waals surface area contributed by atoms with Crippen molar-refractivity contribution in [2.75, 3.05) is 6.54 Å². The Labute approximate surface area is 112 Å². The summed E-state index contributed by atoms with van der Waals surface area (Å²) in [6.07, 6.45) is 4.34. The molecule has 4 nitrogen and oxygen atoms in total. The van der Waals surface area contributed by atoms with Gasteiger partial charge in [0.25, 0.3) is 0 Å². The summed E-state index contributed by atoms with van der Waals surface area (Å²) in [4.78, 5) is 0. The van der Waals surface area contributed by atoms with Gasteiger partial charge in [-0.05, 0) is 31.7 Å². The summed E-state index contributed by atoms with van der Waals surface area (Å²) in [6.45, 7) is 11.8. The predicted molar refractivity (Wildman–Crippen MR) is 78.0 cm³/mol. The molecule has 0 fully saturated rings. The SMILES string of the molecule is CCC(NCCCCC(C)(C)C(N)=NO)C(C)C. The van der Waals surface area contributed by atoms with E-state index in [2.05, 4.69) is 31.2 Å². The normalized spacial score (nSPS) is 15.1. The number of oxime groups is 1. The van der Waals surface area contributed by atoms with Crippen LogP contribution in [0.1, 0.15) is 60.3 Å². The molecule has 1 unspecified atom stereocenters. The van der Waals surface area contributed by atoms with Crippen molar-refractivity contribution in [2.24, 2.45) is 22.2 Å². The molecule has 1 atom stereocenters. The average molecular weight is 257 g/mol. The molecule has 0 amide bonds. The van der Waals surface area contributed by atoms with E-state index in [1.165, 1.54) is 6.42 Å². The third kappa shape index (κ3) is 6.24. The van der Waals surface area contributed by atoms with Crippen LogP contribution in [0.4, 0.5) is 0 Å². The second-order valence-corrected chi connectivity index (χ2v) is 6.04. The Hall–Kier alpha value is -0.770. The molecule has 18 heavy (non-hydrogen) atoms.